The van der Waals surface area contributed by atoms with E-state index >= 15 is 0 Å². The van der Waals surface area contributed by atoms with Crippen molar-refractivity contribution in [3.63, 3.8) is 0 Å². The van der Waals surface area contributed by atoms with E-state index in [4.69, 9.17) is 9.47 Å². The average molecular weight is 486 g/mol. The second kappa shape index (κ2) is 9.17. The minimum absolute atomic E-state index is 0.0129. The van der Waals surface area contributed by atoms with Crippen molar-refractivity contribution >= 4 is 11.9 Å². The minimum atomic E-state index is -0.486. The Morgan fingerprint density at radius 1 is 0.944 bits per heavy atom. The number of hydrogen-bond donors (Lipinski definition) is 0. The third kappa shape index (κ3) is 3.90. The number of morpholine rings is 1. The van der Waals surface area contributed by atoms with Crippen LogP contribution in [0.25, 0.3) is 11.1 Å². The van der Waals surface area contributed by atoms with E-state index in [0.717, 1.165) is 5.56 Å². The zero-order valence-corrected chi connectivity index (χ0v) is 20.2. The summed E-state index contributed by atoms with van der Waals surface area (Å²) in [5, 5.41) is 0. The summed E-state index contributed by atoms with van der Waals surface area (Å²) in [5.41, 5.74) is 5.60. The first-order valence-corrected chi connectivity index (χ1v) is 12.5. The van der Waals surface area contributed by atoms with Gasteiger partial charge in [-0.2, -0.15) is 0 Å². The predicted octanol–water partition coefficient (Wildman–Crippen LogP) is 5.75. The third-order valence-electron chi connectivity index (χ3n) is 7.83. The van der Waals surface area contributed by atoms with E-state index in [1.807, 2.05) is 24.3 Å². The number of hydrogen-bond acceptors (Lipinski definition) is 4. The highest BCUT2D eigenvalue weighted by atomic mass is 19.1. The molecule has 3 aromatic rings. The number of amides is 1. The molecule has 1 amide bonds. The normalized spacial score (nSPS) is 22.6. The van der Waals surface area contributed by atoms with E-state index in [-0.39, 0.29) is 48.0 Å². The van der Waals surface area contributed by atoms with Gasteiger partial charge in [0.05, 0.1) is 30.9 Å². The summed E-state index contributed by atoms with van der Waals surface area (Å²) in [6.07, 6.45) is 0.502. The lowest BCUT2D eigenvalue weighted by atomic mass is 9.80. The van der Waals surface area contributed by atoms with Crippen molar-refractivity contribution in [3.05, 3.63) is 94.8 Å². The highest BCUT2D eigenvalue weighted by Crippen LogP contribution is 2.44. The van der Waals surface area contributed by atoms with Crippen molar-refractivity contribution < 1.29 is 23.5 Å². The monoisotopic (exact) mass is 485 g/mol. The molecule has 3 aromatic carbocycles. The number of nitrogens with zero attached hydrogens (tertiary/aromatic N) is 1. The Hall–Kier alpha value is -3.51. The summed E-state index contributed by atoms with van der Waals surface area (Å²) in [6, 6.07) is 20.7. The minimum Gasteiger partial charge on any atom is -0.448 e. The van der Waals surface area contributed by atoms with E-state index < -0.39 is 5.82 Å². The molecule has 0 saturated carbocycles. The maximum absolute atomic E-state index is 14.5. The lowest BCUT2D eigenvalue weighted by Crippen LogP contribution is -2.60. The molecule has 184 valence electrons. The molecule has 6 rings (SSSR count). The Morgan fingerprint density at radius 2 is 1.56 bits per heavy atom. The summed E-state index contributed by atoms with van der Waals surface area (Å²) in [5.74, 6) is -1.04. The molecule has 0 N–H and O–H groups in total. The Labute approximate surface area is 209 Å². The van der Waals surface area contributed by atoms with E-state index in [0.29, 0.717) is 26.1 Å². The van der Waals surface area contributed by atoms with E-state index in [9.17, 15) is 14.0 Å². The molecule has 0 spiro atoms. The highest BCUT2D eigenvalue weighted by molar-refractivity contribution is 5.98. The van der Waals surface area contributed by atoms with Crippen LogP contribution in [-0.2, 0) is 9.47 Å². The van der Waals surface area contributed by atoms with Crippen molar-refractivity contribution in [1.82, 2.24) is 4.90 Å². The van der Waals surface area contributed by atoms with Gasteiger partial charge in [0.15, 0.2) is 5.78 Å². The molecule has 2 saturated heterocycles. The van der Waals surface area contributed by atoms with Gasteiger partial charge in [0.25, 0.3) is 0 Å². The summed E-state index contributed by atoms with van der Waals surface area (Å²) < 4.78 is 26.1. The van der Waals surface area contributed by atoms with Crippen molar-refractivity contribution in [3.8, 4) is 11.1 Å². The van der Waals surface area contributed by atoms with Crippen LogP contribution >= 0.6 is 0 Å². The fraction of sp³-hybridized carbons (Fsp3) is 0.333. The Bertz CT molecular complexity index is 1280. The van der Waals surface area contributed by atoms with Gasteiger partial charge in [-0.25, -0.2) is 9.18 Å². The Morgan fingerprint density at radius 3 is 2.17 bits per heavy atom. The summed E-state index contributed by atoms with van der Waals surface area (Å²) in [7, 11) is 0. The zero-order chi connectivity index (χ0) is 24.8. The van der Waals surface area contributed by atoms with E-state index in [2.05, 4.69) is 24.3 Å². The summed E-state index contributed by atoms with van der Waals surface area (Å²) in [4.78, 5) is 28.2. The van der Waals surface area contributed by atoms with Crippen molar-refractivity contribution in [1.29, 1.82) is 0 Å². The largest absolute Gasteiger partial charge is 0.448 e. The molecule has 2 fully saturated rings. The smallest absolute Gasteiger partial charge is 0.410 e. The fourth-order valence-corrected chi connectivity index (χ4v) is 6.14. The van der Waals surface area contributed by atoms with Gasteiger partial charge in [0.2, 0.25) is 0 Å². The molecule has 6 heteroatoms. The average Bonchev–Trinajstić information content (AvgIpc) is 3.20. The second-order valence-electron chi connectivity index (χ2n) is 10.1. The number of benzene rings is 3. The maximum Gasteiger partial charge on any atom is 0.410 e. The predicted molar refractivity (Wildman–Crippen MR) is 133 cm³/mol. The maximum atomic E-state index is 14.5. The van der Waals surface area contributed by atoms with Crippen LogP contribution in [0.15, 0.2) is 66.7 Å². The van der Waals surface area contributed by atoms with Gasteiger partial charge in [-0.05, 0) is 59.7 Å². The Balaban J connectivity index is 1.17. The molecule has 5 nitrogen and oxygen atoms in total. The molecule has 1 aliphatic carbocycles. The van der Waals surface area contributed by atoms with Crippen LogP contribution in [0.3, 0.4) is 0 Å². The molecule has 2 bridgehead atoms. The molecule has 0 aromatic heterocycles. The van der Waals surface area contributed by atoms with Crippen LogP contribution in [0.1, 0.15) is 45.8 Å². The van der Waals surface area contributed by atoms with Crippen LogP contribution in [0.5, 0.6) is 0 Å². The first-order chi connectivity index (χ1) is 17.5. The number of Topliss-reactive ketones (excluding diaryl/α,β-unsaturated/α-hetero) is 1. The molecule has 2 aliphatic heterocycles. The van der Waals surface area contributed by atoms with E-state index in [1.54, 1.807) is 24.0 Å². The summed E-state index contributed by atoms with van der Waals surface area (Å²) in [6.45, 7) is 2.74. The van der Waals surface area contributed by atoms with Crippen molar-refractivity contribution in [2.45, 2.75) is 37.8 Å². The topological polar surface area (TPSA) is 55.8 Å². The number of ether oxygens (including phenoxy) is 2. The molecule has 36 heavy (non-hydrogen) atoms. The number of halogens is 1. The summed E-state index contributed by atoms with van der Waals surface area (Å²) >= 11 is 0. The second-order valence-corrected chi connectivity index (χ2v) is 10.1. The lowest BCUT2D eigenvalue weighted by molar-refractivity contribution is -0.0748. The molecule has 3 aliphatic rings. The van der Waals surface area contributed by atoms with Gasteiger partial charge in [-0.15, -0.1) is 0 Å². The highest BCUT2D eigenvalue weighted by Gasteiger charge is 2.45. The Kier molecular flexibility index (Phi) is 5.84. The number of aryl methyl sites for hydroxylation is 1. The van der Waals surface area contributed by atoms with Crippen LogP contribution in [-0.4, -0.2) is 48.7 Å². The SMILES string of the molecule is Cc1ccc(C(=O)C2CC3COCC(C2)N3C(=O)OCC2c3ccccc3-c3ccccc32)c(F)c1. The number of rotatable bonds is 4. The third-order valence-corrected chi connectivity index (χ3v) is 7.83. The molecular formula is C30H28FNO4. The number of carbonyl (C=O) groups is 2. The number of fused-ring (bicyclic) bond motifs is 5. The quantitative estimate of drug-likeness (QED) is 0.442. The molecule has 2 atom stereocenters. The first-order valence-electron chi connectivity index (χ1n) is 12.5. The molecular weight excluding hydrogens is 457 g/mol. The number of ketones is 1. The van der Waals surface area contributed by atoms with Gasteiger partial charge in [0.1, 0.15) is 12.4 Å². The molecule has 2 unspecified atom stereocenters. The van der Waals surface area contributed by atoms with Crippen LogP contribution in [0.4, 0.5) is 9.18 Å². The van der Waals surface area contributed by atoms with Crippen molar-refractivity contribution in [2.24, 2.45) is 5.92 Å². The molecule has 2 heterocycles. The van der Waals surface area contributed by atoms with Gasteiger partial charge < -0.3 is 9.47 Å². The standard InChI is InChI=1S/C30H28FNO4/c1-18-10-11-26(28(31)12-18)29(33)19-13-20-15-35-16-21(14-19)32(20)30(34)36-17-27-24-8-4-2-6-22(24)23-7-3-5-9-25(23)27/h2-12,19-21,27H,13-17H2,1H3. The van der Waals surface area contributed by atoms with Gasteiger partial charge in [-0.1, -0.05) is 54.6 Å². The number of carbonyl (C=O) groups excluding carboxylic acids is 2. The molecule has 0 radical (unpaired) electrons. The van der Waals surface area contributed by atoms with Gasteiger partial charge in [0, 0.05) is 11.8 Å². The fourth-order valence-electron chi connectivity index (χ4n) is 6.14. The zero-order valence-electron chi connectivity index (χ0n) is 20.2. The van der Waals surface area contributed by atoms with Gasteiger partial charge >= 0.3 is 6.09 Å². The number of piperidine rings is 1. The first kappa shape index (κ1) is 22.9. The van der Waals surface area contributed by atoms with Crippen LogP contribution in [0.2, 0.25) is 0 Å². The van der Waals surface area contributed by atoms with Gasteiger partial charge in [-0.3, -0.25) is 9.69 Å². The van der Waals surface area contributed by atoms with Crippen LogP contribution in [0, 0.1) is 18.7 Å². The lowest BCUT2D eigenvalue weighted by Gasteiger charge is -2.47. The van der Waals surface area contributed by atoms with Crippen LogP contribution < -0.4 is 0 Å². The van der Waals surface area contributed by atoms with E-state index in [1.165, 1.54) is 28.3 Å². The van der Waals surface area contributed by atoms with Crippen molar-refractivity contribution in [2.75, 3.05) is 19.8 Å².